The number of thioether (sulfide) groups is 1. The molecule has 2 aliphatic rings. The molecule has 1 saturated heterocycles. The lowest BCUT2D eigenvalue weighted by atomic mass is 10.0. The van der Waals surface area contributed by atoms with Crippen molar-refractivity contribution in [3.63, 3.8) is 0 Å². The van der Waals surface area contributed by atoms with Crippen LogP contribution in [0.5, 0.6) is 0 Å². The van der Waals surface area contributed by atoms with Gasteiger partial charge in [0.15, 0.2) is 6.04 Å². The molecular formula is C12H15BrN2O3S. The van der Waals surface area contributed by atoms with Crippen LogP contribution in [0.15, 0.2) is 28.9 Å². The summed E-state index contributed by atoms with van der Waals surface area (Å²) in [7, 11) is 0. The van der Waals surface area contributed by atoms with Gasteiger partial charge in [0.05, 0.1) is 0 Å². The van der Waals surface area contributed by atoms with Crippen molar-refractivity contribution >= 4 is 46.3 Å². The summed E-state index contributed by atoms with van der Waals surface area (Å²) in [6.07, 6.45) is 1.50. The van der Waals surface area contributed by atoms with Gasteiger partial charge in [0.2, 0.25) is 0 Å². The Morgan fingerprint density at radius 2 is 2.21 bits per heavy atom. The molecular weight excluding hydrogens is 332 g/mol. The molecule has 2 atom stereocenters. The molecule has 2 heterocycles. The highest BCUT2D eigenvalue weighted by Crippen LogP contribution is 2.41. The van der Waals surface area contributed by atoms with Crippen molar-refractivity contribution in [3.05, 3.63) is 23.9 Å². The van der Waals surface area contributed by atoms with Crippen molar-refractivity contribution in [3.8, 4) is 0 Å². The molecule has 1 amide bonds. The smallest absolute Gasteiger partial charge is 0.352 e. The number of fused-ring (bicyclic) bond motifs is 1. The zero-order chi connectivity index (χ0) is 13.4. The third-order valence-electron chi connectivity index (χ3n) is 2.82. The van der Waals surface area contributed by atoms with E-state index in [4.69, 9.17) is 0 Å². The third-order valence-corrected chi connectivity index (χ3v) is 4.10. The van der Waals surface area contributed by atoms with Crippen LogP contribution in [0.2, 0.25) is 0 Å². The number of β-lactam (4-membered cyclic amide) rings is 1. The van der Waals surface area contributed by atoms with E-state index in [9.17, 15) is 14.7 Å². The summed E-state index contributed by atoms with van der Waals surface area (Å²) < 4.78 is 0. The van der Waals surface area contributed by atoms with Crippen LogP contribution in [0, 0.1) is 0 Å². The maximum atomic E-state index is 12.0. The van der Waals surface area contributed by atoms with Crippen LogP contribution in [-0.4, -0.2) is 44.8 Å². The molecule has 5 nitrogen and oxygen atoms in total. The fourth-order valence-electron chi connectivity index (χ4n) is 2.04. The Bertz CT molecular complexity index is 497. The van der Waals surface area contributed by atoms with E-state index in [1.807, 2.05) is 13.8 Å². The molecule has 1 fully saturated rings. The second-order valence-electron chi connectivity index (χ2n) is 4.31. The SMILES string of the molecule is Br.C=CC1=C(C(=O)O)N2C(=O)C(N=C(C)C)[C@H]2SC1. The highest BCUT2D eigenvalue weighted by molar-refractivity contribution is 8.93. The van der Waals surface area contributed by atoms with E-state index in [1.54, 1.807) is 0 Å². The van der Waals surface area contributed by atoms with E-state index in [0.717, 1.165) is 5.71 Å². The number of aliphatic imine (C=N–C) groups is 1. The number of carbonyl (C=O) groups excluding carboxylic acids is 1. The first-order chi connectivity index (χ1) is 8.47. The lowest BCUT2D eigenvalue weighted by molar-refractivity contribution is -0.147. The van der Waals surface area contributed by atoms with E-state index in [2.05, 4.69) is 11.6 Å². The molecule has 0 spiro atoms. The lowest BCUT2D eigenvalue weighted by Crippen LogP contribution is -2.64. The Morgan fingerprint density at radius 3 is 2.68 bits per heavy atom. The number of hydrogen-bond donors (Lipinski definition) is 1. The van der Waals surface area contributed by atoms with Crippen LogP contribution in [0.1, 0.15) is 13.8 Å². The van der Waals surface area contributed by atoms with Gasteiger partial charge in [-0.1, -0.05) is 12.7 Å². The van der Waals surface area contributed by atoms with Gasteiger partial charge in [0, 0.05) is 11.5 Å². The minimum Gasteiger partial charge on any atom is -0.477 e. The van der Waals surface area contributed by atoms with Crippen LogP contribution in [-0.2, 0) is 9.59 Å². The van der Waals surface area contributed by atoms with Gasteiger partial charge >= 0.3 is 5.97 Å². The van der Waals surface area contributed by atoms with Crippen LogP contribution in [0.25, 0.3) is 0 Å². The van der Waals surface area contributed by atoms with Gasteiger partial charge in [-0.2, -0.15) is 0 Å². The van der Waals surface area contributed by atoms with Gasteiger partial charge in [-0.05, 0) is 19.4 Å². The molecule has 0 aromatic heterocycles. The molecule has 0 aliphatic carbocycles. The summed E-state index contributed by atoms with van der Waals surface area (Å²) in [4.78, 5) is 28.8. The minimum absolute atomic E-state index is 0. The van der Waals surface area contributed by atoms with Gasteiger partial charge in [0.1, 0.15) is 11.1 Å². The van der Waals surface area contributed by atoms with E-state index in [1.165, 1.54) is 22.7 Å². The number of carbonyl (C=O) groups is 2. The molecule has 104 valence electrons. The maximum absolute atomic E-state index is 12.0. The predicted octanol–water partition coefficient (Wildman–Crippen LogP) is 1.85. The van der Waals surface area contributed by atoms with E-state index < -0.39 is 12.0 Å². The first-order valence-electron chi connectivity index (χ1n) is 5.52. The molecule has 7 heteroatoms. The Kier molecular flexibility index (Phi) is 4.98. The van der Waals surface area contributed by atoms with Gasteiger partial charge in [-0.15, -0.1) is 28.7 Å². The van der Waals surface area contributed by atoms with Gasteiger partial charge in [-0.25, -0.2) is 4.79 Å². The van der Waals surface area contributed by atoms with Crippen LogP contribution < -0.4 is 0 Å². The van der Waals surface area contributed by atoms with Gasteiger partial charge in [0.25, 0.3) is 5.91 Å². The average Bonchev–Trinajstić information content (AvgIpc) is 2.33. The fraction of sp³-hybridized carbons (Fsp3) is 0.417. The van der Waals surface area contributed by atoms with E-state index in [0.29, 0.717) is 11.3 Å². The number of hydrogen-bond acceptors (Lipinski definition) is 4. The van der Waals surface area contributed by atoms with Crippen LogP contribution in [0.3, 0.4) is 0 Å². The number of aliphatic carboxylic acids is 1. The summed E-state index contributed by atoms with van der Waals surface area (Å²) in [6.45, 7) is 7.24. The van der Waals surface area contributed by atoms with Crippen molar-refractivity contribution < 1.29 is 14.7 Å². The number of amides is 1. The summed E-state index contributed by atoms with van der Waals surface area (Å²) in [5.74, 6) is -0.779. The van der Waals surface area contributed by atoms with Crippen LogP contribution >= 0.6 is 28.7 Å². The summed E-state index contributed by atoms with van der Waals surface area (Å²) in [5.41, 5.74) is 1.47. The number of halogens is 1. The lowest BCUT2D eigenvalue weighted by Gasteiger charge is -2.47. The Morgan fingerprint density at radius 1 is 1.58 bits per heavy atom. The first-order valence-corrected chi connectivity index (χ1v) is 6.56. The van der Waals surface area contributed by atoms with Crippen molar-refractivity contribution in [1.82, 2.24) is 4.90 Å². The number of rotatable bonds is 3. The zero-order valence-electron chi connectivity index (χ0n) is 10.6. The normalized spacial score (nSPS) is 24.9. The van der Waals surface area contributed by atoms with Crippen molar-refractivity contribution in [1.29, 1.82) is 0 Å². The molecule has 2 rings (SSSR count). The third kappa shape index (κ3) is 2.62. The Labute approximate surface area is 126 Å². The molecule has 0 aromatic carbocycles. The van der Waals surface area contributed by atoms with E-state index >= 15 is 0 Å². The van der Waals surface area contributed by atoms with Crippen molar-refractivity contribution in [2.75, 3.05) is 5.75 Å². The topological polar surface area (TPSA) is 70.0 Å². The molecule has 0 saturated carbocycles. The van der Waals surface area contributed by atoms with E-state index in [-0.39, 0.29) is 34.0 Å². The molecule has 1 unspecified atom stereocenters. The zero-order valence-corrected chi connectivity index (χ0v) is 13.2. The Balaban J connectivity index is 0.00000180. The minimum atomic E-state index is -1.08. The summed E-state index contributed by atoms with van der Waals surface area (Å²) in [5, 5.41) is 9.01. The summed E-state index contributed by atoms with van der Waals surface area (Å²) in [6, 6.07) is -0.444. The average molecular weight is 347 g/mol. The largest absolute Gasteiger partial charge is 0.477 e. The van der Waals surface area contributed by atoms with Gasteiger partial charge < -0.3 is 5.11 Å². The molecule has 0 radical (unpaired) electrons. The number of nitrogens with zero attached hydrogens (tertiary/aromatic N) is 2. The Hall–Kier alpha value is -1.08. The highest BCUT2D eigenvalue weighted by atomic mass is 79.9. The standard InChI is InChI=1S/C12H14N2O3S.BrH/c1-4-7-5-18-11-8(13-6(2)3)10(15)14(11)9(7)12(16)17;/h4,8,11H,1,5H2,2-3H3,(H,16,17);1H/t8?,11-;/m1./s1. The van der Waals surface area contributed by atoms with Crippen molar-refractivity contribution in [2.45, 2.75) is 25.3 Å². The molecule has 2 aliphatic heterocycles. The first kappa shape index (κ1) is 16.0. The number of carboxylic acid groups (broad SMARTS) is 1. The quantitative estimate of drug-likeness (QED) is 0.625. The second-order valence-corrected chi connectivity index (χ2v) is 5.42. The van der Waals surface area contributed by atoms with Crippen LogP contribution in [0.4, 0.5) is 0 Å². The number of allylic oxidation sites excluding steroid dienone is 1. The molecule has 19 heavy (non-hydrogen) atoms. The number of carboxylic acids is 1. The summed E-state index contributed by atoms with van der Waals surface area (Å²) >= 11 is 1.53. The highest BCUT2D eigenvalue weighted by Gasteiger charge is 2.53. The van der Waals surface area contributed by atoms with Gasteiger partial charge in [-0.3, -0.25) is 14.7 Å². The molecule has 0 aromatic rings. The molecule has 0 bridgehead atoms. The monoisotopic (exact) mass is 346 g/mol. The second kappa shape index (κ2) is 5.92. The van der Waals surface area contributed by atoms with Crippen molar-refractivity contribution in [2.24, 2.45) is 4.99 Å². The molecule has 1 N–H and O–H groups in total. The fourth-order valence-corrected chi connectivity index (χ4v) is 3.37. The predicted molar refractivity (Wildman–Crippen MR) is 80.8 cm³/mol. The maximum Gasteiger partial charge on any atom is 0.352 e.